The molecule has 0 unspecified atom stereocenters. The average Bonchev–Trinajstić information content (AvgIpc) is 4.05. The summed E-state index contributed by atoms with van der Waals surface area (Å²) >= 11 is 0. The summed E-state index contributed by atoms with van der Waals surface area (Å²) in [6, 6.07) is 11.4. The van der Waals surface area contributed by atoms with Crippen LogP contribution in [0.5, 0.6) is 0 Å². The Kier molecular flexibility index (Phi) is 10.8. The van der Waals surface area contributed by atoms with E-state index in [2.05, 4.69) is 46.9 Å². The smallest absolute Gasteiger partial charge is 0.341 e. The number of carboxylic acid groups (broad SMARTS) is 1. The molecule has 2 heterocycles. The summed E-state index contributed by atoms with van der Waals surface area (Å²) in [7, 11) is 0. The Morgan fingerprint density at radius 1 is 0.648 bits per heavy atom. The highest BCUT2D eigenvalue weighted by Crippen LogP contribution is 2.38. The van der Waals surface area contributed by atoms with Crippen LogP contribution in [0.25, 0.3) is 11.4 Å². The molecule has 2 aromatic carbocycles. The van der Waals surface area contributed by atoms with Crippen molar-refractivity contribution in [2.75, 3.05) is 11.5 Å². The number of anilines is 2. The molecule has 0 radical (unpaired) electrons. The van der Waals surface area contributed by atoms with Crippen molar-refractivity contribution in [3.05, 3.63) is 82.2 Å². The van der Waals surface area contributed by atoms with Gasteiger partial charge in [0.25, 0.3) is 17.7 Å². The van der Waals surface area contributed by atoms with Gasteiger partial charge in [-0.15, -0.1) is 0 Å². The number of benzene rings is 2. The number of carbonyl (C=O) groups excluding carboxylic acids is 3. The zero-order valence-corrected chi connectivity index (χ0v) is 31.6. The van der Waals surface area contributed by atoms with E-state index in [0.717, 1.165) is 62.5 Å². The molecule has 3 aliphatic rings. The maximum absolute atomic E-state index is 12.9. The van der Waals surface area contributed by atoms with Crippen LogP contribution in [0.15, 0.2) is 48.8 Å². The fourth-order valence-corrected chi connectivity index (χ4v) is 6.76. The highest BCUT2D eigenvalue weighted by atomic mass is 16.4. The molecule has 0 atom stereocenters. The predicted molar refractivity (Wildman–Crippen MR) is 206 cm³/mol. The van der Waals surface area contributed by atoms with Crippen LogP contribution in [0.4, 0.5) is 11.6 Å². The lowest BCUT2D eigenvalue weighted by Gasteiger charge is -2.37. The van der Waals surface area contributed by atoms with Crippen molar-refractivity contribution in [2.45, 2.75) is 104 Å². The maximum Gasteiger partial charge on any atom is 0.341 e. The quantitative estimate of drug-likeness (QED) is 0.131. The summed E-state index contributed by atoms with van der Waals surface area (Å²) in [5.74, 6) is -0.548. The molecule has 3 saturated carbocycles. The zero-order chi connectivity index (χ0) is 38.9. The lowest BCUT2D eigenvalue weighted by molar-refractivity contribution is 0.0697. The number of amides is 3. The van der Waals surface area contributed by atoms with E-state index in [1.54, 1.807) is 35.0 Å². The molecule has 4 aromatic rings. The monoisotopic (exact) mass is 737 g/mol. The minimum atomic E-state index is -1.14. The van der Waals surface area contributed by atoms with E-state index in [9.17, 15) is 19.2 Å². The van der Waals surface area contributed by atoms with Crippen molar-refractivity contribution in [3.63, 3.8) is 0 Å². The molecule has 7 rings (SSSR count). The number of nitrogen functional groups attached to an aromatic ring is 2. The second-order valence-corrected chi connectivity index (χ2v) is 15.9. The third-order valence-electron chi connectivity index (χ3n) is 10.6. The fourth-order valence-electron chi connectivity index (χ4n) is 6.76. The van der Waals surface area contributed by atoms with Gasteiger partial charge >= 0.3 is 5.97 Å². The van der Waals surface area contributed by atoms with E-state index >= 15 is 0 Å². The van der Waals surface area contributed by atoms with Gasteiger partial charge in [0, 0.05) is 29.3 Å². The lowest BCUT2D eigenvalue weighted by atomic mass is 9.71. The van der Waals surface area contributed by atoms with Gasteiger partial charge in [0.05, 0.1) is 23.8 Å². The summed E-state index contributed by atoms with van der Waals surface area (Å²) in [4.78, 5) is 48.6. The Hall–Kier alpha value is -5.66. The predicted octanol–water partition coefficient (Wildman–Crippen LogP) is 5.34. The first-order valence-electron chi connectivity index (χ1n) is 18.7. The first-order chi connectivity index (χ1) is 25.6. The van der Waals surface area contributed by atoms with Crippen molar-refractivity contribution in [2.24, 2.45) is 11.3 Å². The first-order valence-corrected chi connectivity index (χ1v) is 18.7. The number of hydrogen-bond acceptors (Lipinski definition) is 8. The van der Waals surface area contributed by atoms with Gasteiger partial charge in [-0.05, 0) is 112 Å². The van der Waals surface area contributed by atoms with Gasteiger partial charge in [0.1, 0.15) is 22.8 Å². The summed E-state index contributed by atoms with van der Waals surface area (Å²) in [5, 5.41) is 26.5. The van der Waals surface area contributed by atoms with Crippen molar-refractivity contribution in [1.29, 1.82) is 0 Å². The van der Waals surface area contributed by atoms with E-state index in [1.807, 2.05) is 19.9 Å². The van der Waals surface area contributed by atoms with Crippen LogP contribution in [-0.2, 0) is 0 Å². The van der Waals surface area contributed by atoms with Gasteiger partial charge in [-0.3, -0.25) is 14.4 Å². The molecule has 286 valence electrons. The van der Waals surface area contributed by atoms with E-state index in [4.69, 9.17) is 16.6 Å². The standard InChI is InChI=1S/C25H35N5O2.C15H16N4O3/c1-15-5-6-16(23(31)28-19-11-12-19)13-21(15)30-22(26)20(14-27-30)24(32)29-18-9-7-17(8-10-18)25(2,3)4;1-8-2-3-9(14(20)18-10-4-5-10)6-12(8)19-13(16)11(7-17-19)15(21)22/h5-6,13-14,17-19H,7-12,26H2,1-4H3,(H,28,31)(H,29,32);2-3,6-7,10H,4-5,16H2,1H3,(H,18,20)(H,21,22). The molecule has 0 spiro atoms. The number of aryl methyl sites for hydroxylation is 2. The Morgan fingerprint density at radius 3 is 1.43 bits per heavy atom. The molecule has 3 fully saturated rings. The number of carbonyl (C=O) groups is 4. The third kappa shape index (κ3) is 8.75. The highest BCUT2D eigenvalue weighted by Gasteiger charge is 2.31. The largest absolute Gasteiger partial charge is 0.477 e. The Balaban J connectivity index is 0.000000197. The molecular formula is C40H51N9O5. The van der Waals surface area contributed by atoms with Gasteiger partial charge in [-0.2, -0.15) is 10.2 Å². The number of nitrogens with two attached hydrogens (primary N) is 2. The van der Waals surface area contributed by atoms with Crippen molar-refractivity contribution in [3.8, 4) is 11.4 Å². The van der Waals surface area contributed by atoms with Crippen molar-refractivity contribution >= 4 is 35.3 Å². The second kappa shape index (κ2) is 15.4. The number of carboxylic acids is 1. The van der Waals surface area contributed by atoms with Gasteiger partial charge in [0.15, 0.2) is 0 Å². The minimum absolute atomic E-state index is 0.0374. The molecule has 14 nitrogen and oxygen atoms in total. The molecule has 54 heavy (non-hydrogen) atoms. The van der Waals surface area contributed by atoms with E-state index < -0.39 is 5.97 Å². The van der Waals surface area contributed by atoms with E-state index in [-0.39, 0.29) is 53.0 Å². The van der Waals surface area contributed by atoms with E-state index in [1.165, 1.54) is 17.1 Å². The number of hydrogen-bond donors (Lipinski definition) is 6. The van der Waals surface area contributed by atoms with E-state index in [0.29, 0.717) is 39.4 Å². The van der Waals surface area contributed by atoms with Crippen LogP contribution in [0, 0.1) is 25.2 Å². The van der Waals surface area contributed by atoms with Gasteiger partial charge in [-0.1, -0.05) is 32.9 Å². The maximum atomic E-state index is 12.9. The average molecular weight is 738 g/mol. The Bertz CT molecular complexity index is 2060. The molecule has 14 heteroatoms. The highest BCUT2D eigenvalue weighted by molar-refractivity contribution is 5.99. The first kappa shape index (κ1) is 38.1. The molecule has 0 aliphatic heterocycles. The van der Waals surface area contributed by atoms with Crippen molar-refractivity contribution in [1.82, 2.24) is 35.5 Å². The van der Waals surface area contributed by atoms with Crippen LogP contribution in [-0.4, -0.2) is 66.5 Å². The lowest BCUT2D eigenvalue weighted by Crippen LogP contribution is -2.39. The summed E-state index contributed by atoms with van der Waals surface area (Å²) in [6.07, 6.45) is 11.0. The van der Waals surface area contributed by atoms with Gasteiger partial charge in [-0.25, -0.2) is 14.2 Å². The number of aromatic carboxylic acids is 1. The molecule has 2 aromatic heterocycles. The molecule has 8 N–H and O–H groups in total. The van der Waals surface area contributed by atoms with Crippen LogP contribution < -0.4 is 27.4 Å². The normalized spacial score (nSPS) is 18.2. The molecular weight excluding hydrogens is 686 g/mol. The Morgan fingerprint density at radius 2 is 1.04 bits per heavy atom. The summed E-state index contributed by atoms with van der Waals surface area (Å²) < 4.78 is 2.89. The molecule has 0 bridgehead atoms. The number of nitrogens with one attached hydrogen (secondary N) is 3. The number of nitrogens with zero attached hydrogens (tertiary/aromatic N) is 4. The number of aromatic nitrogens is 4. The zero-order valence-electron chi connectivity index (χ0n) is 31.6. The molecule has 0 saturated heterocycles. The van der Waals surface area contributed by atoms with Crippen LogP contribution >= 0.6 is 0 Å². The minimum Gasteiger partial charge on any atom is -0.477 e. The number of rotatable bonds is 9. The van der Waals surface area contributed by atoms with Crippen LogP contribution in [0.1, 0.15) is 125 Å². The Labute approximate surface area is 315 Å². The van der Waals surface area contributed by atoms with Crippen molar-refractivity contribution < 1.29 is 24.3 Å². The van der Waals surface area contributed by atoms with Crippen LogP contribution in [0.2, 0.25) is 0 Å². The SMILES string of the molecule is Cc1ccc(C(=O)NC2CC2)cc1-n1ncc(C(=O)NC2CCC(C(C)(C)C)CC2)c1N.Cc1ccc(C(=O)NC2CC2)cc1-n1ncc(C(=O)O)c1N. The summed E-state index contributed by atoms with van der Waals surface area (Å²) in [5.41, 5.74) is 16.9. The van der Waals surface area contributed by atoms with Gasteiger partial charge < -0.3 is 32.5 Å². The third-order valence-corrected chi connectivity index (χ3v) is 10.6. The van der Waals surface area contributed by atoms with Crippen LogP contribution in [0.3, 0.4) is 0 Å². The summed E-state index contributed by atoms with van der Waals surface area (Å²) in [6.45, 7) is 10.7. The van der Waals surface area contributed by atoms with Gasteiger partial charge in [0.2, 0.25) is 0 Å². The fraction of sp³-hybridized carbons (Fsp3) is 0.450. The molecule has 3 aliphatic carbocycles. The molecule has 3 amide bonds. The second-order valence-electron chi connectivity index (χ2n) is 15.9. The topological polar surface area (TPSA) is 212 Å².